The third-order valence-corrected chi connectivity index (χ3v) is 10.3. The van der Waals surface area contributed by atoms with E-state index in [1.807, 2.05) is 0 Å². The van der Waals surface area contributed by atoms with Crippen LogP contribution < -0.4 is 5.32 Å². The van der Waals surface area contributed by atoms with E-state index in [4.69, 9.17) is 0 Å². The predicted molar refractivity (Wildman–Crippen MR) is 104 cm³/mol. The van der Waals surface area contributed by atoms with Crippen molar-refractivity contribution in [2.45, 2.75) is 28.7 Å². The molecule has 1 saturated heterocycles. The summed E-state index contributed by atoms with van der Waals surface area (Å²) >= 11 is 0. The largest absolute Gasteiger partial charge is 0.317 e. The molecule has 180 valence electrons. The molecule has 1 heterocycles. The van der Waals surface area contributed by atoms with Crippen LogP contribution in [-0.2, 0) is 40.5 Å². The van der Waals surface area contributed by atoms with Crippen LogP contribution >= 0.6 is 0 Å². The molecule has 0 bridgehead atoms. The summed E-state index contributed by atoms with van der Waals surface area (Å²) in [5.41, 5.74) is 0. The molecule has 1 fully saturated rings. The zero-order chi connectivity index (χ0) is 23.4. The maximum absolute atomic E-state index is 11.5. The van der Waals surface area contributed by atoms with E-state index in [1.54, 1.807) is 0 Å². The van der Waals surface area contributed by atoms with Gasteiger partial charge in [0.1, 0.15) is 0 Å². The van der Waals surface area contributed by atoms with Gasteiger partial charge in [-0.2, -0.15) is 33.7 Å². The Morgan fingerprint density at radius 3 is 1.07 bits per heavy atom. The SMILES string of the molecule is O=S(=O)(O)C(N1CCCNCCCN(C(S(=O)(=O)O)S(=O)(=O)O)CCC1)S(=O)(=O)O. The molecular formula is C11H25N3O12S4. The Kier molecular flexibility index (Phi) is 9.57. The molecule has 19 heteroatoms. The molecule has 0 saturated carbocycles. The van der Waals surface area contributed by atoms with Gasteiger partial charge in [-0.15, -0.1) is 0 Å². The molecule has 1 rings (SSSR count). The second-order valence-electron chi connectivity index (χ2n) is 6.56. The maximum atomic E-state index is 11.5. The van der Waals surface area contributed by atoms with E-state index < -0.39 is 63.0 Å². The van der Waals surface area contributed by atoms with Crippen molar-refractivity contribution >= 4 is 40.5 Å². The first-order valence-electron chi connectivity index (χ1n) is 8.49. The van der Waals surface area contributed by atoms with Gasteiger partial charge >= 0.3 is 0 Å². The standard InChI is InChI=1S/C11H25N3O12S4/c15-27(16,17)10(28(18,19)20)13-6-1-4-12-5-2-7-14(9-3-8-13)11(29(21,22)23)30(24,25)26/h10-12H,1-9H2,(H,15,16,17)(H,18,19,20)(H,21,22,23)(H,24,25,26). The normalized spacial score (nSPS) is 20.7. The van der Waals surface area contributed by atoms with E-state index in [0.717, 1.165) is 9.80 Å². The molecule has 30 heavy (non-hydrogen) atoms. The summed E-state index contributed by atoms with van der Waals surface area (Å²) in [4.78, 5) is 1.45. The van der Waals surface area contributed by atoms with Crippen molar-refractivity contribution < 1.29 is 51.9 Å². The van der Waals surface area contributed by atoms with Gasteiger partial charge in [0, 0.05) is 26.2 Å². The highest BCUT2D eigenvalue weighted by molar-refractivity contribution is 8.04. The lowest BCUT2D eigenvalue weighted by Crippen LogP contribution is -2.50. The Morgan fingerprint density at radius 2 is 0.800 bits per heavy atom. The van der Waals surface area contributed by atoms with Gasteiger partial charge in [-0.1, -0.05) is 0 Å². The molecule has 0 aromatic carbocycles. The van der Waals surface area contributed by atoms with Gasteiger partial charge < -0.3 is 5.32 Å². The molecule has 0 aliphatic carbocycles. The van der Waals surface area contributed by atoms with E-state index in [-0.39, 0.29) is 45.4 Å². The smallest absolute Gasteiger partial charge is 0.298 e. The van der Waals surface area contributed by atoms with Crippen LogP contribution in [0.25, 0.3) is 0 Å². The quantitative estimate of drug-likeness (QED) is 0.228. The molecule has 0 atom stereocenters. The van der Waals surface area contributed by atoms with E-state index in [9.17, 15) is 51.9 Å². The van der Waals surface area contributed by atoms with Gasteiger partial charge in [0.15, 0.2) is 0 Å². The van der Waals surface area contributed by atoms with Crippen LogP contribution in [0.5, 0.6) is 0 Å². The molecule has 0 radical (unpaired) electrons. The van der Waals surface area contributed by atoms with Gasteiger partial charge in [-0.25, -0.2) is 0 Å². The topological polar surface area (TPSA) is 236 Å². The summed E-state index contributed by atoms with van der Waals surface area (Å²) in [5, 5.41) is 2.88. The minimum absolute atomic E-state index is 0.211. The fraction of sp³-hybridized carbons (Fsp3) is 1.00. The van der Waals surface area contributed by atoms with E-state index in [0.29, 0.717) is 0 Å². The van der Waals surface area contributed by atoms with Crippen molar-refractivity contribution in [1.82, 2.24) is 15.1 Å². The fourth-order valence-corrected chi connectivity index (χ4v) is 7.93. The van der Waals surface area contributed by atoms with E-state index in [2.05, 4.69) is 5.32 Å². The van der Waals surface area contributed by atoms with Crippen LogP contribution in [-0.4, -0.2) is 110 Å². The van der Waals surface area contributed by atoms with Crippen molar-refractivity contribution in [3.8, 4) is 0 Å². The van der Waals surface area contributed by atoms with E-state index in [1.165, 1.54) is 0 Å². The van der Waals surface area contributed by atoms with Crippen LogP contribution in [0.1, 0.15) is 19.3 Å². The zero-order valence-electron chi connectivity index (χ0n) is 15.6. The van der Waals surface area contributed by atoms with Crippen LogP contribution in [0.4, 0.5) is 0 Å². The molecule has 1 aliphatic heterocycles. The number of nitrogens with one attached hydrogen (secondary N) is 1. The molecule has 5 N–H and O–H groups in total. The average molecular weight is 520 g/mol. The summed E-state index contributed by atoms with van der Waals surface area (Å²) in [5.74, 6) is 0. The Hall–Kier alpha value is -0.480. The van der Waals surface area contributed by atoms with Crippen LogP contribution in [0.15, 0.2) is 0 Å². The number of rotatable bonds is 6. The first-order chi connectivity index (χ1) is 13.5. The predicted octanol–water partition coefficient (Wildman–Crippen LogP) is -2.52. The summed E-state index contributed by atoms with van der Waals surface area (Å²) < 4.78 is 124. The first kappa shape index (κ1) is 27.6. The third-order valence-electron chi connectivity index (χ3n) is 4.10. The fourth-order valence-electron chi connectivity index (χ4n) is 3.12. The first-order valence-corrected chi connectivity index (χ1v) is 14.5. The Morgan fingerprint density at radius 1 is 0.533 bits per heavy atom. The Bertz CT molecular complexity index is 848. The summed E-state index contributed by atoms with van der Waals surface area (Å²) in [6, 6.07) is 0. The van der Waals surface area contributed by atoms with Crippen molar-refractivity contribution in [2.24, 2.45) is 0 Å². The number of hydrogen-bond donors (Lipinski definition) is 5. The lowest BCUT2D eigenvalue weighted by molar-refractivity contribution is 0.216. The summed E-state index contributed by atoms with van der Waals surface area (Å²) in [7, 11) is -21.1. The van der Waals surface area contributed by atoms with Crippen molar-refractivity contribution in [2.75, 3.05) is 39.3 Å². The van der Waals surface area contributed by atoms with Crippen molar-refractivity contribution in [3.05, 3.63) is 0 Å². The second kappa shape index (κ2) is 10.4. The van der Waals surface area contributed by atoms with Gasteiger partial charge in [-0.3, -0.25) is 28.0 Å². The van der Waals surface area contributed by atoms with Crippen molar-refractivity contribution in [3.63, 3.8) is 0 Å². The Balaban J connectivity index is 3.22. The molecule has 0 amide bonds. The summed E-state index contributed by atoms with van der Waals surface area (Å²) in [6.45, 7) is -0.774. The highest BCUT2D eigenvalue weighted by Crippen LogP contribution is 2.18. The minimum Gasteiger partial charge on any atom is -0.317 e. The summed E-state index contributed by atoms with van der Waals surface area (Å²) in [6.07, 6.45) is 0.213. The van der Waals surface area contributed by atoms with Gasteiger partial charge in [0.25, 0.3) is 49.9 Å². The molecule has 0 aromatic rings. The molecule has 0 aromatic heterocycles. The Labute approximate surface area is 175 Å². The van der Waals surface area contributed by atoms with Crippen molar-refractivity contribution in [1.29, 1.82) is 0 Å². The maximum Gasteiger partial charge on any atom is 0.298 e. The minimum atomic E-state index is -5.28. The monoisotopic (exact) mass is 519 g/mol. The zero-order valence-corrected chi connectivity index (χ0v) is 18.9. The number of hydrogen-bond acceptors (Lipinski definition) is 11. The van der Waals surface area contributed by atoms with Gasteiger partial charge in [-0.05, 0) is 32.4 Å². The highest BCUT2D eigenvalue weighted by Gasteiger charge is 2.42. The number of nitrogens with zero attached hydrogens (tertiary/aromatic N) is 2. The molecule has 1 aliphatic rings. The lowest BCUT2D eigenvalue weighted by atomic mass is 10.3. The molecular weight excluding hydrogens is 494 g/mol. The van der Waals surface area contributed by atoms with Crippen LogP contribution in [0, 0.1) is 0 Å². The van der Waals surface area contributed by atoms with Crippen LogP contribution in [0.3, 0.4) is 0 Å². The molecule has 0 spiro atoms. The highest BCUT2D eigenvalue weighted by atomic mass is 32.3. The molecule has 0 unspecified atom stereocenters. The van der Waals surface area contributed by atoms with Gasteiger partial charge in [0.05, 0.1) is 0 Å². The lowest BCUT2D eigenvalue weighted by Gasteiger charge is -2.31. The molecule has 15 nitrogen and oxygen atoms in total. The second-order valence-corrected chi connectivity index (χ2v) is 13.1. The third kappa shape index (κ3) is 8.57. The average Bonchev–Trinajstić information content (AvgIpc) is 2.45. The van der Waals surface area contributed by atoms with Gasteiger partial charge in [0.2, 0.25) is 0 Å². The van der Waals surface area contributed by atoms with Crippen LogP contribution in [0.2, 0.25) is 0 Å². The van der Waals surface area contributed by atoms with E-state index >= 15 is 0 Å².